The molecule has 2 nitrogen and oxygen atoms in total. The largest absolute Gasteiger partial charge is 0.493 e. The van der Waals surface area contributed by atoms with Gasteiger partial charge in [-0.3, -0.25) is 0 Å². The van der Waals surface area contributed by atoms with Gasteiger partial charge in [0.05, 0.1) is 6.61 Å². The van der Waals surface area contributed by atoms with E-state index >= 15 is 0 Å². The zero-order valence-electron chi connectivity index (χ0n) is 9.21. The molecule has 14 heavy (non-hydrogen) atoms. The van der Waals surface area contributed by atoms with Crippen molar-refractivity contribution in [3.05, 3.63) is 29.8 Å². The van der Waals surface area contributed by atoms with Gasteiger partial charge in [0.2, 0.25) is 0 Å². The second kappa shape index (κ2) is 5.66. The fourth-order valence-corrected chi connectivity index (χ4v) is 1.34. The first kappa shape index (κ1) is 11.1. The molecular weight excluding hydrogens is 174 g/mol. The molecule has 0 aliphatic rings. The molecule has 0 radical (unpaired) electrons. The minimum absolute atomic E-state index is 0.336. The third-order valence-electron chi connectivity index (χ3n) is 2.28. The Bertz CT molecular complexity index is 273. The average Bonchev–Trinajstić information content (AvgIpc) is 2.25. The molecule has 1 aromatic rings. The smallest absolute Gasteiger partial charge is 0.124 e. The Morgan fingerprint density at radius 1 is 1.36 bits per heavy atom. The van der Waals surface area contributed by atoms with Crippen LogP contribution in [0.15, 0.2) is 24.3 Å². The molecule has 0 aliphatic carbocycles. The molecule has 0 spiro atoms. The SMILES string of the molecule is CCCOc1ccccc1[C@@H](C)NC. The summed E-state index contributed by atoms with van der Waals surface area (Å²) in [6.07, 6.45) is 1.04. The molecule has 0 unspecified atom stereocenters. The van der Waals surface area contributed by atoms with Gasteiger partial charge in [-0.25, -0.2) is 0 Å². The summed E-state index contributed by atoms with van der Waals surface area (Å²) in [7, 11) is 1.96. The molecule has 0 aromatic heterocycles. The standard InChI is InChI=1S/C12H19NO/c1-4-9-14-12-8-6-5-7-11(12)10(2)13-3/h5-8,10,13H,4,9H2,1-3H3/t10-/m1/s1. The van der Waals surface area contributed by atoms with Crippen LogP contribution in [0.5, 0.6) is 5.75 Å². The van der Waals surface area contributed by atoms with E-state index in [4.69, 9.17) is 4.74 Å². The summed E-state index contributed by atoms with van der Waals surface area (Å²) in [5.74, 6) is 0.996. The molecule has 1 atom stereocenters. The van der Waals surface area contributed by atoms with Crippen molar-refractivity contribution in [2.75, 3.05) is 13.7 Å². The lowest BCUT2D eigenvalue weighted by Gasteiger charge is -2.15. The van der Waals surface area contributed by atoms with Gasteiger partial charge in [0.1, 0.15) is 5.75 Å². The normalized spacial score (nSPS) is 12.5. The highest BCUT2D eigenvalue weighted by Crippen LogP contribution is 2.24. The predicted molar refractivity (Wildman–Crippen MR) is 59.7 cm³/mol. The van der Waals surface area contributed by atoms with Crippen LogP contribution in [0.1, 0.15) is 31.9 Å². The van der Waals surface area contributed by atoms with Gasteiger partial charge < -0.3 is 10.1 Å². The maximum atomic E-state index is 5.67. The molecule has 0 aliphatic heterocycles. The van der Waals surface area contributed by atoms with Crippen LogP contribution in [0, 0.1) is 0 Å². The Kier molecular flexibility index (Phi) is 4.47. The van der Waals surface area contributed by atoms with E-state index in [9.17, 15) is 0 Å². The molecule has 0 saturated carbocycles. The number of benzene rings is 1. The summed E-state index contributed by atoms with van der Waals surface area (Å²) in [6.45, 7) is 5.03. The van der Waals surface area contributed by atoms with E-state index < -0.39 is 0 Å². The zero-order chi connectivity index (χ0) is 10.4. The van der Waals surface area contributed by atoms with E-state index in [1.807, 2.05) is 25.2 Å². The molecule has 1 aromatic carbocycles. The van der Waals surface area contributed by atoms with Gasteiger partial charge in [-0.2, -0.15) is 0 Å². The van der Waals surface area contributed by atoms with E-state index in [0.29, 0.717) is 6.04 Å². The van der Waals surface area contributed by atoms with Crippen molar-refractivity contribution >= 4 is 0 Å². The van der Waals surface area contributed by atoms with E-state index in [2.05, 4.69) is 25.2 Å². The maximum absolute atomic E-state index is 5.67. The molecule has 0 heterocycles. The van der Waals surface area contributed by atoms with E-state index in [-0.39, 0.29) is 0 Å². The first-order valence-electron chi connectivity index (χ1n) is 5.18. The van der Waals surface area contributed by atoms with Gasteiger partial charge in [0, 0.05) is 11.6 Å². The number of ether oxygens (including phenoxy) is 1. The van der Waals surface area contributed by atoms with Crippen LogP contribution in [0.3, 0.4) is 0 Å². The second-order valence-corrected chi connectivity index (χ2v) is 3.40. The van der Waals surface area contributed by atoms with Crippen LogP contribution in [-0.2, 0) is 0 Å². The Balaban J connectivity index is 2.79. The first-order chi connectivity index (χ1) is 6.79. The Hall–Kier alpha value is -1.02. The zero-order valence-corrected chi connectivity index (χ0v) is 9.21. The molecule has 2 heteroatoms. The van der Waals surface area contributed by atoms with Crippen molar-refractivity contribution in [3.63, 3.8) is 0 Å². The lowest BCUT2D eigenvalue weighted by molar-refractivity contribution is 0.311. The van der Waals surface area contributed by atoms with Gasteiger partial charge in [0.15, 0.2) is 0 Å². The summed E-state index contributed by atoms with van der Waals surface area (Å²) < 4.78 is 5.67. The van der Waals surface area contributed by atoms with Crippen LogP contribution in [0.4, 0.5) is 0 Å². The van der Waals surface area contributed by atoms with Gasteiger partial charge in [0.25, 0.3) is 0 Å². The molecule has 0 amide bonds. The van der Waals surface area contributed by atoms with Crippen molar-refractivity contribution in [3.8, 4) is 5.75 Å². The number of para-hydroxylation sites is 1. The number of hydrogen-bond donors (Lipinski definition) is 1. The van der Waals surface area contributed by atoms with Crippen LogP contribution in [0.2, 0.25) is 0 Å². The topological polar surface area (TPSA) is 21.3 Å². The van der Waals surface area contributed by atoms with Gasteiger partial charge >= 0.3 is 0 Å². The fraction of sp³-hybridized carbons (Fsp3) is 0.500. The first-order valence-corrected chi connectivity index (χ1v) is 5.18. The molecule has 1 N–H and O–H groups in total. The van der Waals surface area contributed by atoms with Crippen LogP contribution in [0.25, 0.3) is 0 Å². The van der Waals surface area contributed by atoms with Crippen LogP contribution >= 0.6 is 0 Å². The fourth-order valence-electron chi connectivity index (χ4n) is 1.34. The highest BCUT2D eigenvalue weighted by molar-refractivity contribution is 5.35. The highest BCUT2D eigenvalue weighted by Gasteiger charge is 2.08. The van der Waals surface area contributed by atoms with Gasteiger partial charge in [-0.1, -0.05) is 25.1 Å². The van der Waals surface area contributed by atoms with E-state index in [0.717, 1.165) is 18.8 Å². The molecule has 78 valence electrons. The molecular formula is C12H19NO. The monoisotopic (exact) mass is 193 g/mol. The van der Waals surface area contributed by atoms with Crippen molar-refractivity contribution < 1.29 is 4.74 Å². The minimum Gasteiger partial charge on any atom is -0.493 e. The molecule has 0 saturated heterocycles. The lowest BCUT2D eigenvalue weighted by Crippen LogP contribution is -2.13. The van der Waals surface area contributed by atoms with Crippen molar-refractivity contribution in [1.29, 1.82) is 0 Å². The Morgan fingerprint density at radius 2 is 2.07 bits per heavy atom. The number of hydrogen-bond acceptors (Lipinski definition) is 2. The predicted octanol–water partition coefficient (Wildman–Crippen LogP) is 2.76. The third kappa shape index (κ3) is 2.74. The molecule has 0 bridgehead atoms. The summed E-state index contributed by atoms with van der Waals surface area (Å²) in [5, 5.41) is 3.22. The Labute approximate surface area is 86.3 Å². The minimum atomic E-state index is 0.336. The van der Waals surface area contributed by atoms with Crippen LogP contribution in [-0.4, -0.2) is 13.7 Å². The average molecular weight is 193 g/mol. The van der Waals surface area contributed by atoms with Gasteiger partial charge in [-0.15, -0.1) is 0 Å². The number of rotatable bonds is 5. The lowest BCUT2D eigenvalue weighted by atomic mass is 10.1. The summed E-state index contributed by atoms with van der Waals surface area (Å²) in [6, 6.07) is 8.52. The van der Waals surface area contributed by atoms with Crippen molar-refractivity contribution in [1.82, 2.24) is 5.32 Å². The van der Waals surface area contributed by atoms with E-state index in [1.54, 1.807) is 0 Å². The summed E-state index contributed by atoms with van der Waals surface area (Å²) >= 11 is 0. The summed E-state index contributed by atoms with van der Waals surface area (Å²) in [4.78, 5) is 0. The Morgan fingerprint density at radius 3 is 2.71 bits per heavy atom. The molecule has 0 fully saturated rings. The van der Waals surface area contributed by atoms with Gasteiger partial charge in [-0.05, 0) is 26.5 Å². The van der Waals surface area contributed by atoms with Crippen LogP contribution < -0.4 is 10.1 Å². The second-order valence-electron chi connectivity index (χ2n) is 3.40. The quantitative estimate of drug-likeness (QED) is 0.776. The third-order valence-corrected chi connectivity index (χ3v) is 2.28. The summed E-state index contributed by atoms with van der Waals surface area (Å²) in [5.41, 5.74) is 1.23. The van der Waals surface area contributed by atoms with Crippen molar-refractivity contribution in [2.24, 2.45) is 0 Å². The number of nitrogens with one attached hydrogen (secondary N) is 1. The maximum Gasteiger partial charge on any atom is 0.124 e. The highest BCUT2D eigenvalue weighted by atomic mass is 16.5. The molecule has 1 rings (SSSR count). The van der Waals surface area contributed by atoms with E-state index in [1.165, 1.54) is 5.56 Å². The van der Waals surface area contributed by atoms with Crippen molar-refractivity contribution in [2.45, 2.75) is 26.3 Å².